The van der Waals surface area contributed by atoms with E-state index in [0.717, 1.165) is 0 Å². The summed E-state index contributed by atoms with van der Waals surface area (Å²) in [6, 6.07) is 0. The Bertz CT molecular complexity index is 15.5. The molecule has 0 aromatic carbocycles. The van der Waals surface area contributed by atoms with Crippen molar-refractivity contribution in [2.75, 3.05) is 0 Å². The minimum absolute atomic E-state index is 0. The van der Waals surface area contributed by atoms with Gasteiger partial charge in [0.15, 0.2) is 0 Å². The fraction of sp³-hybridized carbons (Fsp3) is 0. The van der Waals surface area contributed by atoms with Gasteiger partial charge in [0, 0.05) is 0 Å². The Kier molecular flexibility index (Phi) is 26.0. The molecule has 1 atom stereocenters. The van der Waals surface area contributed by atoms with Crippen molar-refractivity contribution in [3.8, 4) is 0 Å². The van der Waals surface area contributed by atoms with E-state index in [1.807, 2.05) is 0 Å². The molecule has 0 aromatic heterocycles. The molecule has 1 N–H and O–H groups in total. The minimum Gasteiger partial charge on any atom is -0.871 e. The molecule has 0 fully saturated rings. The topological polar surface area (TPSA) is 66.3 Å². The normalized spacial score (nSPS) is 4.50. The third-order valence-electron chi connectivity index (χ3n) is 0. The predicted octanol–water partition coefficient (Wildman–Crippen LogP) is -3.64. The van der Waals surface area contributed by atoms with Crippen LogP contribution in [0.1, 0.15) is 0 Å². The standard InChI is InChI=1S/BHO3.H3P.Sr/c2-1(3)4;;/h2H;1H3;/q-2;;+2. The second-order valence-corrected chi connectivity index (χ2v) is 0.307. The molecule has 0 radical (unpaired) electrons. The zero-order valence-electron chi connectivity index (χ0n) is 3.26. The van der Waals surface area contributed by atoms with E-state index in [0.29, 0.717) is 0 Å². The molecule has 0 aliphatic heterocycles. The molecule has 0 heterocycles. The summed E-state index contributed by atoms with van der Waals surface area (Å²) in [4.78, 5) is 0. The molecule has 3 nitrogen and oxygen atoms in total. The second-order valence-electron chi connectivity index (χ2n) is 0.307. The maximum Gasteiger partial charge on any atom is 2.00 e. The molecular weight excluding hydrogens is 177 g/mol. The maximum absolute atomic E-state index is 8.53. The first-order valence-corrected chi connectivity index (χ1v) is 0.730. The summed E-state index contributed by atoms with van der Waals surface area (Å²) >= 11 is 0. The van der Waals surface area contributed by atoms with Crippen LogP contribution in [0.15, 0.2) is 0 Å². The SMILES string of the molecule is P.[O-]B([O-])O.[Sr+2]. The Morgan fingerprint density at radius 1 is 1.33 bits per heavy atom. The Hall–Kier alpha value is 1.86. The van der Waals surface area contributed by atoms with Crippen molar-refractivity contribution in [2.24, 2.45) is 0 Å². The Labute approximate surface area is 76.8 Å². The molecule has 0 rings (SSSR count). The van der Waals surface area contributed by atoms with Crippen LogP contribution in [0, 0.1) is 0 Å². The first-order chi connectivity index (χ1) is 1.73. The van der Waals surface area contributed by atoms with Crippen LogP contribution >= 0.6 is 9.90 Å². The van der Waals surface area contributed by atoms with Crippen molar-refractivity contribution in [1.82, 2.24) is 0 Å². The summed E-state index contributed by atoms with van der Waals surface area (Å²) < 4.78 is 0. The largest absolute Gasteiger partial charge is 2.00 e. The molecule has 0 spiro atoms. The third-order valence-corrected chi connectivity index (χ3v) is 0. The molecule has 0 amide bonds. The van der Waals surface area contributed by atoms with Crippen molar-refractivity contribution >= 4 is 62.7 Å². The molecule has 1 unspecified atom stereocenters. The van der Waals surface area contributed by atoms with Crippen molar-refractivity contribution in [2.45, 2.75) is 0 Å². The monoisotopic (exact) mass is 182 g/mol. The summed E-state index contributed by atoms with van der Waals surface area (Å²) in [7, 11) is -2.67. The Morgan fingerprint density at radius 2 is 1.33 bits per heavy atom. The van der Waals surface area contributed by atoms with Crippen LogP contribution in [-0.4, -0.2) is 57.8 Å². The van der Waals surface area contributed by atoms with E-state index in [4.69, 9.17) is 15.1 Å². The van der Waals surface area contributed by atoms with Crippen LogP contribution in [0.3, 0.4) is 0 Å². The average molecular weight is 181 g/mol. The van der Waals surface area contributed by atoms with Gasteiger partial charge in [-0.2, -0.15) is 9.90 Å². The van der Waals surface area contributed by atoms with E-state index in [2.05, 4.69) is 0 Å². The molecule has 6 heavy (non-hydrogen) atoms. The zero-order valence-corrected chi connectivity index (χ0v) is 8.15. The molecule has 0 aliphatic carbocycles. The van der Waals surface area contributed by atoms with Gasteiger partial charge in [0.1, 0.15) is 0 Å². The summed E-state index contributed by atoms with van der Waals surface area (Å²) in [6.07, 6.45) is 0. The zero-order chi connectivity index (χ0) is 3.58. The molecule has 0 aliphatic rings. The van der Waals surface area contributed by atoms with Gasteiger partial charge in [0.05, 0.1) is 7.32 Å². The predicted molar refractivity (Wildman–Crippen MR) is 24.8 cm³/mol. The van der Waals surface area contributed by atoms with Crippen molar-refractivity contribution in [3.63, 3.8) is 0 Å². The first kappa shape index (κ1) is 15.7. The second kappa shape index (κ2) is 9.97. The van der Waals surface area contributed by atoms with Crippen LogP contribution in [0.2, 0.25) is 0 Å². The molecule has 6 heteroatoms. The molecule has 0 saturated heterocycles. The average Bonchev–Trinajstić information content (AvgIpc) is 0.811. The van der Waals surface area contributed by atoms with E-state index < -0.39 is 7.32 Å². The molecule has 32 valence electrons. The fourth-order valence-corrected chi connectivity index (χ4v) is 0. The van der Waals surface area contributed by atoms with Crippen LogP contribution in [-0.2, 0) is 0 Å². The minimum atomic E-state index is -2.67. The van der Waals surface area contributed by atoms with Gasteiger partial charge in [0.25, 0.3) is 0 Å². The molecular formula is H4BO3PSr. The van der Waals surface area contributed by atoms with E-state index >= 15 is 0 Å². The number of rotatable bonds is 0. The Balaban J connectivity index is -0.0000000450. The van der Waals surface area contributed by atoms with Gasteiger partial charge in [-0.3, -0.25) is 0 Å². The fourth-order valence-electron chi connectivity index (χ4n) is 0. The third kappa shape index (κ3) is 40.1. The maximum atomic E-state index is 8.53. The van der Waals surface area contributed by atoms with E-state index in [1.165, 1.54) is 0 Å². The van der Waals surface area contributed by atoms with Gasteiger partial charge in [-0.25, -0.2) is 0 Å². The van der Waals surface area contributed by atoms with Crippen molar-refractivity contribution in [3.05, 3.63) is 0 Å². The van der Waals surface area contributed by atoms with Gasteiger partial charge >= 0.3 is 45.5 Å². The van der Waals surface area contributed by atoms with E-state index in [-0.39, 0.29) is 55.4 Å². The van der Waals surface area contributed by atoms with Crippen LogP contribution < -0.4 is 10.0 Å². The van der Waals surface area contributed by atoms with Crippen LogP contribution in [0.25, 0.3) is 0 Å². The quantitative estimate of drug-likeness (QED) is 0.310. The van der Waals surface area contributed by atoms with Crippen molar-refractivity contribution < 1.29 is 15.1 Å². The van der Waals surface area contributed by atoms with E-state index in [1.54, 1.807) is 0 Å². The summed E-state index contributed by atoms with van der Waals surface area (Å²) in [6.45, 7) is 0. The van der Waals surface area contributed by atoms with Gasteiger partial charge in [-0.05, 0) is 0 Å². The van der Waals surface area contributed by atoms with Gasteiger partial charge in [-0.15, -0.1) is 0 Å². The molecule has 0 aromatic rings. The van der Waals surface area contributed by atoms with E-state index in [9.17, 15) is 0 Å². The number of hydrogen-bond acceptors (Lipinski definition) is 3. The first-order valence-electron chi connectivity index (χ1n) is 0.730. The van der Waals surface area contributed by atoms with Crippen LogP contribution in [0.5, 0.6) is 0 Å². The summed E-state index contributed by atoms with van der Waals surface area (Å²) in [5.41, 5.74) is 0. The van der Waals surface area contributed by atoms with Gasteiger partial charge < -0.3 is 15.1 Å². The summed E-state index contributed by atoms with van der Waals surface area (Å²) in [5, 5.41) is 24.0. The molecule has 0 bridgehead atoms. The van der Waals surface area contributed by atoms with Gasteiger partial charge in [-0.1, -0.05) is 0 Å². The smallest absolute Gasteiger partial charge is 0.871 e. The Morgan fingerprint density at radius 3 is 1.33 bits per heavy atom. The summed E-state index contributed by atoms with van der Waals surface area (Å²) in [5.74, 6) is 0. The van der Waals surface area contributed by atoms with Crippen LogP contribution in [0.4, 0.5) is 0 Å². The molecule has 0 saturated carbocycles. The van der Waals surface area contributed by atoms with Gasteiger partial charge in [0.2, 0.25) is 0 Å². The number of hydrogen-bond donors (Lipinski definition) is 1. The van der Waals surface area contributed by atoms with Crippen molar-refractivity contribution in [1.29, 1.82) is 0 Å².